The molecule has 0 spiro atoms. The molecule has 6 heteroatoms. The van der Waals surface area contributed by atoms with Gasteiger partial charge in [0, 0.05) is 19.3 Å². The first-order valence-electron chi connectivity index (χ1n) is 33.3. The Morgan fingerprint density at radius 3 is 0.753 bits per heavy atom. The van der Waals surface area contributed by atoms with Gasteiger partial charge in [0.1, 0.15) is 13.2 Å². The highest BCUT2D eigenvalue weighted by molar-refractivity contribution is 5.71. The highest BCUT2D eigenvalue weighted by atomic mass is 16.6. The lowest BCUT2D eigenvalue weighted by molar-refractivity contribution is -0.167. The van der Waals surface area contributed by atoms with Crippen LogP contribution in [0.3, 0.4) is 0 Å². The Kier molecular flexibility index (Phi) is 63.9. The minimum atomic E-state index is -0.791. The lowest BCUT2D eigenvalue weighted by Crippen LogP contribution is -2.30. The van der Waals surface area contributed by atoms with Crippen LogP contribution in [0.4, 0.5) is 0 Å². The van der Waals surface area contributed by atoms with E-state index in [1.165, 1.54) is 103 Å². The van der Waals surface area contributed by atoms with Gasteiger partial charge in [0.05, 0.1) is 0 Å². The molecule has 0 heterocycles. The number of rotatable bonds is 59. The Morgan fingerprint density at radius 2 is 0.481 bits per heavy atom. The molecule has 458 valence electrons. The molecule has 0 bridgehead atoms. The van der Waals surface area contributed by atoms with Crippen molar-refractivity contribution < 1.29 is 28.6 Å². The standard InChI is InChI=1S/C75H122O6/c1-4-7-10-13-16-19-21-23-25-27-29-31-33-34-35-36-37-38-39-40-42-43-45-47-49-51-53-56-59-62-65-68-74(77)80-71-72(70-79-73(76)67-64-61-58-55-18-15-12-9-6-3)81-75(78)69-66-63-60-57-54-52-50-48-46-44-41-32-30-28-26-24-22-20-17-14-11-8-5-2/h7-8,10-11,16-17,19-20,23-26,29-32,34-35,37-38,40,42,45,47,72H,4-6,9,12-15,18,21-22,27-28,33,36,39,41,43-44,46,48-71H2,1-3H3/b10-7-,11-8-,19-16-,20-17-,25-23-,26-24-,31-29-,32-30-,35-34-,38-37-,42-40-,47-45-. The number of carbonyl (C=O) groups excluding carboxylic acids is 3. The van der Waals surface area contributed by atoms with E-state index in [9.17, 15) is 14.4 Å². The summed E-state index contributed by atoms with van der Waals surface area (Å²) in [5.41, 5.74) is 0. The Bertz CT molecular complexity index is 1760. The first-order valence-corrected chi connectivity index (χ1v) is 33.3. The minimum Gasteiger partial charge on any atom is -0.462 e. The summed E-state index contributed by atoms with van der Waals surface area (Å²) in [6.45, 7) is 6.39. The highest BCUT2D eigenvalue weighted by Crippen LogP contribution is 2.15. The summed E-state index contributed by atoms with van der Waals surface area (Å²) in [4.78, 5) is 38.2. The van der Waals surface area contributed by atoms with Crippen LogP contribution in [0.15, 0.2) is 146 Å². The first kappa shape index (κ1) is 76.3. The predicted octanol–water partition coefficient (Wildman–Crippen LogP) is 23.1. The van der Waals surface area contributed by atoms with Crippen molar-refractivity contribution in [2.24, 2.45) is 0 Å². The molecular weight excluding hydrogens is 997 g/mol. The van der Waals surface area contributed by atoms with Crippen molar-refractivity contribution in [2.75, 3.05) is 13.2 Å². The lowest BCUT2D eigenvalue weighted by Gasteiger charge is -2.18. The molecule has 0 aliphatic rings. The molecule has 1 atom stereocenters. The van der Waals surface area contributed by atoms with Crippen molar-refractivity contribution in [2.45, 2.75) is 297 Å². The maximum Gasteiger partial charge on any atom is 0.306 e. The number of ether oxygens (including phenoxy) is 3. The number of carbonyl (C=O) groups is 3. The Morgan fingerprint density at radius 1 is 0.259 bits per heavy atom. The molecule has 0 radical (unpaired) electrons. The van der Waals surface area contributed by atoms with Crippen molar-refractivity contribution in [1.82, 2.24) is 0 Å². The first-order chi connectivity index (χ1) is 40.0. The summed E-state index contributed by atoms with van der Waals surface area (Å²) in [5, 5.41) is 0. The van der Waals surface area contributed by atoms with Crippen molar-refractivity contribution in [3.8, 4) is 0 Å². The zero-order valence-electron chi connectivity index (χ0n) is 52.5. The molecule has 0 fully saturated rings. The van der Waals surface area contributed by atoms with Gasteiger partial charge in [0.25, 0.3) is 0 Å². The van der Waals surface area contributed by atoms with Gasteiger partial charge in [-0.3, -0.25) is 14.4 Å². The van der Waals surface area contributed by atoms with Gasteiger partial charge in [0.15, 0.2) is 6.10 Å². The average Bonchev–Trinajstić information content (AvgIpc) is 3.47. The number of hydrogen-bond acceptors (Lipinski definition) is 6. The quantitative estimate of drug-likeness (QED) is 0.0261. The van der Waals surface area contributed by atoms with E-state index in [1.807, 2.05) is 0 Å². The molecule has 0 aromatic rings. The van der Waals surface area contributed by atoms with Gasteiger partial charge in [-0.1, -0.05) is 295 Å². The molecule has 0 aromatic carbocycles. The Hall–Kier alpha value is -4.71. The van der Waals surface area contributed by atoms with Crippen LogP contribution in [0.25, 0.3) is 0 Å². The number of esters is 3. The van der Waals surface area contributed by atoms with E-state index in [0.717, 1.165) is 148 Å². The van der Waals surface area contributed by atoms with Crippen LogP contribution in [-0.2, 0) is 28.6 Å². The van der Waals surface area contributed by atoms with Crippen LogP contribution in [0.5, 0.6) is 0 Å². The summed E-state index contributed by atoms with van der Waals surface area (Å²) in [6.07, 6.45) is 97.2. The normalized spacial score (nSPS) is 13.1. The monoisotopic (exact) mass is 1120 g/mol. The third-order valence-electron chi connectivity index (χ3n) is 13.8. The van der Waals surface area contributed by atoms with Gasteiger partial charge >= 0.3 is 17.9 Å². The maximum absolute atomic E-state index is 12.9. The van der Waals surface area contributed by atoms with E-state index in [-0.39, 0.29) is 31.1 Å². The maximum atomic E-state index is 12.9. The third kappa shape index (κ3) is 66.0. The predicted molar refractivity (Wildman–Crippen MR) is 352 cm³/mol. The van der Waals surface area contributed by atoms with Crippen molar-refractivity contribution >= 4 is 17.9 Å². The zero-order valence-corrected chi connectivity index (χ0v) is 52.5. The van der Waals surface area contributed by atoms with Gasteiger partial charge in [-0.25, -0.2) is 0 Å². The van der Waals surface area contributed by atoms with E-state index in [0.29, 0.717) is 19.3 Å². The molecule has 0 aliphatic heterocycles. The van der Waals surface area contributed by atoms with Crippen molar-refractivity contribution in [1.29, 1.82) is 0 Å². The average molecular weight is 1120 g/mol. The molecule has 1 unspecified atom stereocenters. The largest absolute Gasteiger partial charge is 0.462 e. The number of hydrogen-bond donors (Lipinski definition) is 0. The summed E-state index contributed by atoms with van der Waals surface area (Å²) in [6, 6.07) is 0. The van der Waals surface area contributed by atoms with Crippen LogP contribution in [0.1, 0.15) is 290 Å². The van der Waals surface area contributed by atoms with Crippen LogP contribution in [0, 0.1) is 0 Å². The van der Waals surface area contributed by atoms with E-state index < -0.39 is 6.10 Å². The van der Waals surface area contributed by atoms with Gasteiger partial charge < -0.3 is 14.2 Å². The molecule has 0 amide bonds. The van der Waals surface area contributed by atoms with Gasteiger partial charge in [-0.15, -0.1) is 0 Å². The van der Waals surface area contributed by atoms with Crippen LogP contribution < -0.4 is 0 Å². The van der Waals surface area contributed by atoms with Gasteiger partial charge in [-0.05, 0) is 122 Å². The topological polar surface area (TPSA) is 78.9 Å². The molecule has 0 aliphatic carbocycles. The second-order valence-corrected chi connectivity index (χ2v) is 21.6. The molecular formula is C75H122O6. The molecule has 0 saturated heterocycles. The second-order valence-electron chi connectivity index (χ2n) is 21.6. The summed E-state index contributed by atoms with van der Waals surface area (Å²) < 4.78 is 16.9. The summed E-state index contributed by atoms with van der Waals surface area (Å²) in [5.74, 6) is -0.907. The lowest BCUT2D eigenvalue weighted by atomic mass is 10.0. The molecule has 0 saturated carbocycles. The molecule has 81 heavy (non-hydrogen) atoms. The molecule has 0 rings (SSSR count). The second kappa shape index (κ2) is 67.8. The fourth-order valence-electron chi connectivity index (χ4n) is 8.92. The van der Waals surface area contributed by atoms with Crippen LogP contribution in [-0.4, -0.2) is 37.2 Å². The van der Waals surface area contributed by atoms with Crippen molar-refractivity contribution in [3.63, 3.8) is 0 Å². The van der Waals surface area contributed by atoms with E-state index >= 15 is 0 Å². The SMILES string of the molecule is CC/C=C\C/C=C\C/C=C\C/C=C\C/C=C\C/C=C\C/C=C\C/C=C\CCCCCCCCC(=O)OCC(COC(=O)CCCCCCCCCCC)OC(=O)CCCCCCCCCCCC/C=C\C/C=C\C/C=C\C/C=C\CC. The fraction of sp³-hybridized carbons (Fsp3) is 0.640. The zero-order chi connectivity index (χ0) is 58.5. The molecule has 0 aromatic heterocycles. The van der Waals surface area contributed by atoms with Crippen LogP contribution in [0.2, 0.25) is 0 Å². The fourth-order valence-corrected chi connectivity index (χ4v) is 8.92. The van der Waals surface area contributed by atoms with E-state index in [4.69, 9.17) is 14.2 Å². The van der Waals surface area contributed by atoms with E-state index in [1.54, 1.807) is 0 Å². The molecule has 6 nitrogen and oxygen atoms in total. The number of allylic oxidation sites excluding steroid dienone is 24. The highest BCUT2D eigenvalue weighted by Gasteiger charge is 2.19. The minimum absolute atomic E-state index is 0.0866. The Labute approximate surface area is 499 Å². The smallest absolute Gasteiger partial charge is 0.306 e. The Balaban J connectivity index is 4.27. The third-order valence-corrected chi connectivity index (χ3v) is 13.8. The molecule has 0 N–H and O–H groups in total. The summed E-state index contributed by atoms with van der Waals surface area (Å²) >= 11 is 0. The van der Waals surface area contributed by atoms with Gasteiger partial charge in [-0.2, -0.15) is 0 Å². The number of unbranched alkanes of at least 4 members (excludes halogenated alkanes) is 24. The van der Waals surface area contributed by atoms with Crippen molar-refractivity contribution in [3.05, 3.63) is 146 Å². The summed E-state index contributed by atoms with van der Waals surface area (Å²) in [7, 11) is 0. The van der Waals surface area contributed by atoms with Crippen LogP contribution >= 0.6 is 0 Å². The van der Waals surface area contributed by atoms with E-state index in [2.05, 4.69) is 167 Å². The van der Waals surface area contributed by atoms with Gasteiger partial charge in [0.2, 0.25) is 0 Å².